The molecule has 0 aromatic rings. The summed E-state index contributed by atoms with van der Waals surface area (Å²) in [7, 11) is 0. The van der Waals surface area contributed by atoms with Crippen LogP contribution in [0.15, 0.2) is 12.2 Å². The predicted molar refractivity (Wildman–Crippen MR) is 127 cm³/mol. The van der Waals surface area contributed by atoms with Crippen molar-refractivity contribution < 1.29 is 29.6 Å². The smallest absolute Gasteiger partial charge is 0.305 e. The van der Waals surface area contributed by atoms with Crippen LogP contribution in [0.3, 0.4) is 0 Å². The first-order chi connectivity index (χ1) is 15.6. The number of allylic oxidation sites excluding steroid dienone is 2. The van der Waals surface area contributed by atoms with E-state index in [-0.39, 0.29) is 19.2 Å². The van der Waals surface area contributed by atoms with E-state index in [1.54, 1.807) is 0 Å². The molecule has 0 aromatic heterocycles. The van der Waals surface area contributed by atoms with Gasteiger partial charge in [-0.25, -0.2) is 0 Å². The number of carbonyl (C=O) groups excluding carboxylic acids is 1. The van der Waals surface area contributed by atoms with E-state index in [0.717, 1.165) is 19.3 Å². The van der Waals surface area contributed by atoms with Crippen molar-refractivity contribution in [2.45, 2.75) is 122 Å². The number of unbranched alkanes of at least 4 members (excludes halogenated alkanes) is 11. The van der Waals surface area contributed by atoms with Crippen molar-refractivity contribution in [2.24, 2.45) is 5.92 Å². The molecule has 6 nitrogen and oxygen atoms in total. The largest absolute Gasteiger partial charge is 0.463 e. The van der Waals surface area contributed by atoms with Gasteiger partial charge < -0.3 is 24.8 Å². The summed E-state index contributed by atoms with van der Waals surface area (Å²) in [4.78, 5) is 11.9. The number of carbonyl (C=O) groups is 1. The highest BCUT2D eigenvalue weighted by Gasteiger charge is 2.34. The minimum atomic E-state index is -1.07. The number of hydrogen-bond donors (Lipinski definition) is 3. The lowest BCUT2D eigenvalue weighted by Crippen LogP contribution is -2.42. The number of aliphatic hydroxyl groups is 3. The molecule has 188 valence electrons. The molecule has 1 aliphatic rings. The molecule has 1 heterocycles. The van der Waals surface area contributed by atoms with E-state index in [1.807, 2.05) is 0 Å². The van der Waals surface area contributed by atoms with Gasteiger partial charge in [0.15, 0.2) is 0 Å². The van der Waals surface area contributed by atoms with Gasteiger partial charge in [-0.05, 0) is 38.5 Å². The Bertz CT molecular complexity index is 481. The molecular weight excluding hydrogens is 408 g/mol. The highest BCUT2D eigenvalue weighted by molar-refractivity contribution is 5.69. The van der Waals surface area contributed by atoms with Crippen LogP contribution in [-0.2, 0) is 14.3 Å². The number of ether oxygens (including phenoxy) is 2. The summed E-state index contributed by atoms with van der Waals surface area (Å²) in [6.07, 6.45) is 18.0. The van der Waals surface area contributed by atoms with E-state index in [2.05, 4.69) is 19.1 Å². The lowest BCUT2D eigenvalue weighted by molar-refractivity contribution is -0.150. The first kappa shape index (κ1) is 29.1. The summed E-state index contributed by atoms with van der Waals surface area (Å²) in [5.74, 6) is -0.975. The maximum atomic E-state index is 11.9. The van der Waals surface area contributed by atoms with Crippen molar-refractivity contribution in [3.63, 3.8) is 0 Å². The third kappa shape index (κ3) is 14.2. The van der Waals surface area contributed by atoms with Crippen LogP contribution in [0.1, 0.15) is 103 Å². The molecule has 0 spiro atoms. The summed E-state index contributed by atoms with van der Waals surface area (Å²) in [5, 5.41) is 30.1. The Hall–Kier alpha value is -0.950. The van der Waals surface area contributed by atoms with Gasteiger partial charge in [-0.3, -0.25) is 4.79 Å². The predicted octanol–water partition coefficient (Wildman–Crippen LogP) is 4.69. The van der Waals surface area contributed by atoms with Gasteiger partial charge >= 0.3 is 5.97 Å². The summed E-state index contributed by atoms with van der Waals surface area (Å²) in [6.45, 7) is 2.56. The van der Waals surface area contributed by atoms with Gasteiger partial charge in [-0.1, -0.05) is 70.4 Å². The minimum absolute atomic E-state index is 0.145. The molecule has 4 atom stereocenters. The first-order valence-corrected chi connectivity index (χ1v) is 13.0. The number of hydrogen-bond acceptors (Lipinski definition) is 6. The number of rotatable bonds is 18. The van der Waals surface area contributed by atoms with Crippen molar-refractivity contribution in [1.82, 2.24) is 0 Å². The van der Waals surface area contributed by atoms with Gasteiger partial charge in [-0.2, -0.15) is 0 Å². The van der Waals surface area contributed by atoms with Crippen LogP contribution in [0.5, 0.6) is 0 Å². The van der Waals surface area contributed by atoms with Crippen molar-refractivity contribution in [2.75, 3.05) is 19.8 Å². The van der Waals surface area contributed by atoms with Crippen LogP contribution in [0.25, 0.3) is 0 Å². The lowest BCUT2D eigenvalue weighted by atomic mass is 9.93. The van der Waals surface area contributed by atoms with Crippen LogP contribution in [0.4, 0.5) is 0 Å². The Morgan fingerprint density at radius 3 is 2.22 bits per heavy atom. The van der Waals surface area contributed by atoms with Gasteiger partial charge in [0, 0.05) is 18.9 Å². The topological polar surface area (TPSA) is 96.2 Å². The zero-order valence-corrected chi connectivity index (χ0v) is 20.3. The van der Waals surface area contributed by atoms with Crippen LogP contribution >= 0.6 is 0 Å². The fraction of sp³-hybridized carbons (Fsp3) is 0.885. The molecule has 1 rings (SSSR count). The van der Waals surface area contributed by atoms with Gasteiger partial charge in [0.2, 0.25) is 0 Å². The fourth-order valence-corrected chi connectivity index (χ4v) is 4.03. The Morgan fingerprint density at radius 2 is 1.56 bits per heavy atom. The minimum Gasteiger partial charge on any atom is -0.463 e. The molecule has 1 fully saturated rings. The Morgan fingerprint density at radius 1 is 0.969 bits per heavy atom. The van der Waals surface area contributed by atoms with E-state index in [1.165, 1.54) is 64.2 Å². The number of aliphatic hydroxyl groups excluding tert-OH is 3. The highest BCUT2D eigenvalue weighted by Crippen LogP contribution is 2.20. The van der Waals surface area contributed by atoms with E-state index >= 15 is 0 Å². The van der Waals surface area contributed by atoms with Crippen molar-refractivity contribution in [1.29, 1.82) is 0 Å². The second-order valence-electron chi connectivity index (χ2n) is 9.17. The summed E-state index contributed by atoms with van der Waals surface area (Å²) in [6, 6.07) is 0. The Balaban J connectivity index is 1.93. The molecule has 0 saturated carbocycles. The molecule has 0 bridgehead atoms. The van der Waals surface area contributed by atoms with Crippen molar-refractivity contribution in [3.05, 3.63) is 12.2 Å². The maximum Gasteiger partial charge on any atom is 0.305 e. The van der Waals surface area contributed by atoms with Crippen LogP contribution < -0.4 is 0 Å². The van der Waals surface area contributed by atoms with E-state index in [4.69, 9.17) is 9.47 Å². The highest BCUT2D eigenvalue weighted by atomic mass is 16.5. The number of esters is 1. The monoisotopic (exact) mass is 456 g/mol. The quantitative estimate of drug-likeness (QED) is 0.157. The standard InChI is InChI=1S/C26H48O6/c1-2-3-4-5-6-7-8-9-10-11-12-13-14-15-16-17-25(29)32-21-24(28)22-20-31-19-18-23(27)26(22)30/h7-8,22-24,26-28,30H,2-6,9-21H2,1H3. The maximum absolute atomic E-state index is 11.9. The molecule has 0 amide bonds. The van der Waals surface area contributed by atoms with Crippen molar-refractivity contribution >= 4 is 5.97 Å². The normalized spacial score (nSPS) is 22.7. The van der Waals surface area contributed by atoms with Gasteiger partial charge in [0.25, 0.3) is 0 Å². The van der Waals surface area contributed by atoms with Crippen LogP contribution in [-0.4, -0.2) is 59.4 Å². The Kier molecular flexibility index (Phi) is 17.7. The van der Waals surface area contributed by atoms with Gasteiger partial charge in [-0.15, -0.1) is 0 Å². The third-order valence-corrected chi connectivity index (χ3v) is 6.25. The SMILES string of the molecule is CCCCCCC=CCCCCCCCCCC(=O)OCC(O)C1COCCC(O)C1O. The molecule has 3 N–H and O–H groups in total. The van der Waals surface area contributed by atoms with E-state index in [9.17, 15) is 20.1 Å². The average molecular weight is 457 g/mol. The zero-order chi connectivity index (χ0) is 23.4. The van der Waals surface area contributed by atoms with E-state index < -0.39 is 24.2 Å². The molecule has 32 heavy (non-hydrogen) atoms. The van der Waals surface area contributed by atoms with Crippen LogP contribution in [0, 0.1) is 5.92 Å². The molecule has 1 aliphatic heterocycles. The fourth-order valence-electron chi connectivity index (χ4n) is 4.03. The molecule has 4 unspecified atom stereocenters. The van der Waals surface area contributed by atoms with Gasteiger partial charge in [0.1, 0.15) is 6.61 Å². The molecule has 0 aromatic carbocycles. The Labute approximate surface area is 195 Å². The summed E-state index contributed by atoms with van der Waals surface area (Å²) in [5.41, 5.74) is 0. The molecular formula is C26H48O6. The van der Waals surface area contributed by atoms with E-state index in [0.29, 0.717) is 19.4 Å². The molecule has 0 aliphatic carbocycles. The third-order valence-electron chi connectivity index (χ3n) is 6.25. The van der Waals surface area contributed by atoms with Crippen LogP contribution in [0.2, 0.25) is 0 Å². The molecule has 1 saturated heterocycles. The molecule has 6 heteroatoms. The first-order valence-electron chi connectivity index (χ1n) is 13.0. The average Bonchev–Trinajstić information content (AvgIpc) is 2.95. The second kappa shape index (κ2) is 19.5. The van der Waals surface area contributed by atoms with Gasteiger partial charge in [0.05, 0.1) is 24.9 Å². The lowest BCUT2D eigenvalue weighted by Gasteiger charge is -2.27. The molecule has 0 radical (unpaired) electrons. The van der Waals surface area contributed by atoms with Crippen molar-refractivity contribution in [3.8, 4) is 0 Å². The zero-order valence-electron chi connectivity index (χ0n) is 20.3. The summed E-state index contributed by atoms with van der Waals surface area (Å²) >= 11 is 0. The summed E-state index contributed by atoms with van der Waals surface area (Å²) < 4.78 is 10.5. The second-order valence-corrected chi connectivity index (χ2v) is 9.17.